The van der Waals surface area contributed by atoms with Crippen LogP contribution in [0.15, 0.2) is 12.1 Å². The van der Waals surface area contributed by atoms with Crippen molar-refractivity contribution in [3.05, 3.63) is 27.2 Å². The summed E-state index contributed by atoms with van der Waals surface area (Å²) in [7, 11) is 0. The summed E-state index contributed by atoms with van der Waals surface area (Å²) in [5.74, 6) is 0.604. The lowest BCUT2D eigenvalue weighted by Crippen LogP contribution is -2.39. The van der Waals surface area contributed by atoms with Crippen molar-refractivity contribution < 1.29 is 19.4 Å². The van der Waals surface area contributed by atoms with E-state index in [9.17, 15) is 9.59 Å². The lowest BCUT2D eigenvalue weighted by molar-refractivity contribution is -0.144. The summed E-state index contributed by atoms with van der Waals surface area (Å²) in [6.45, 7) is -1.07. The number of amides is 1. The van der Waals surface area contributed by atoms with Crippen LogP contribution in [0.5, 0.6) is 5.75 Å². The van der Waals surface area contributed by atoms with Crippen molar-refractivity contribution in [3.63, 3.8) is 0 Å². The highest BCUT2D eigenvalue weighted by molar-refractivity contribution is 6.43. The maximum absolute atomic E-state index is 11.8. The number of rotatable bonds is 6. The summed E-state index contributed by atoms with van der Waals surface area (Å²) in [5.41, 5.74) is 0. The number of carbonyl (C=O) groups excluding carboxylic acids is 1. The smallest absolute Gasteiger partial charge is 0.323 e. The molecule has 0 aromatic heterocycles. The molecule has 0 aliphatic heterocycles. The van der Waals surface area contributed by atoms with Crippen molar-refractivity contribution in [1.29, 1.82) is 0 Å². The van der Waals surface area contributed by atoms with Crippen molar-refractivity contribution in [2.24, 2.45) is 0 Å². The molecule has 0 aliphatic rings. The first-order chi connectivity index (χ1) is 9.85. The molecule has 8 heteroatoms. The van der Waals surface area contributed by atoms with E-state index in [1.807, 2.05) is 0 Å². The Bertz CT molecular complexity index is 598. The molecule has 0 unspecified atom stereocenters. The van der Waals surface area contributed by atoms with Crippen molar-refractivity contribution in [2.75, 3.05) is 19.7 Å². The molecule has 0 saturated carbocycles. The minimum atomic E-state index is -1.17. The highest BCUT2D eigenvalue weighted by Gasteiger charge is 2.17. The SMILES string of the molecule is C#CCN(CC(=O)O)C(=O)COc1cc(Cl)c(Cl)cc1Cl. The molecule has 0 aliphatic carbocycles. The number of nitrogens with zero attached hydrogens (tertiary/aromatic N) is 1. The molecule has 1 aromatic rings. The first-order valence-electron chi connectivity index (χ1n) is 5.55. The van der Waals surface area contributed by atoms with Crippen LogP contribution in [0.1, 0.15) is 0 Å². The summed E-state index contributed by atoms with van der Waals surface area (Å²) in [6.07, 6.45) is 5.08. The van der Waals surface area contributed by atoms with E-state index in [1.54, 1.807) is 0 Å². The van der Waals surface area contributed by atoms with E-state index in [2.05, 4.69) is 5.92 Å². The Morgan fingerprint density at radius 1 is 1.24 bits per heavy atom. The third-order valence-electron chi connectivity index (χ3n) is 2.29. The molecule has 0 spiro atoms. The quantitative estimate of drug-likeness (QED) is 0.632. The van der Waals surface area contributed by atoms with Gasteiger partial charge in [-0.3, -0.25) is 9.59 Å². The summed E-state index contributed by atoms with van der Waals surface area (Å²) in [4.78, 5) is 23.5. The normalized spacial score (nSPS) is 9.81. The lowest BCUT2D eigenvalue weighted by atomic mass is 10.3. The zero-order chi connectivity index (χ0) is 16.0. The van der Waals surface area contributed by atoms with Crippen LogP contribution in [0.2, 0.25) is 15.1 Å². The molecule has 1 N–H and O–H groups in total. The molecule has 21 heavy (non-hydrogen) atoms. The average molecular weight is 351 g/mol. The Morgan fingerprint density at radius 2 is 1.86 bits per heavy atom. The summed E-state index contributed by atoms with van der Waals surface area (Å²) < 4.78 is 5.22. The van der Waals surface area contributed by atoms with Crippen LogP contribution in [-0.2, 0) is 9.59 Å². The third kappa shape index (κ3) is 5.35. The summed E-state index contributed by atoms with van der Waals surface area (Å²) in [6, 6.07) is 2.74. The van der Waals surface area contributed by atoms with Gasteiger partial charge >= 0.3 is 5.97 Å². The Hall–Kier alpha value is -1.61. The van der Waals surface area contributed by atoms with Gasteiger partial charge in [0.25, 0.3) is 5.91 Å². The average Bonchev–Trinajstić information content (AvgIpc) is 2.40. The van der Waals surface area contributed by atoms with Gasteiger partial charge in [-0.25, -0.2) is 0 Å². The van der Waals surface area contributed by atoms with Crippen molar-refractivity contribution in [3.8, 4) is 18.1 Å². The van der Waals surface area contributed by atoms with E-state index < -0.39 is 25.0 Å². The molecular formula is C13H10Cl3NO4. The second-order valence-corrected chi connectivity index (χ2v) is 5.05. The van der Waals surface area contributed by atoms with Gasteiger partial charge in [-0.05, 0) is 6.07 Å². The summed E-state index contributed by atoms with van der Waals surface area (Å²) in [5, 5.41) is 9.35. The van der Waals surface area contributed by atoms with E-state index in [1.165, 1.54) is 12.1 Å². The van der Waals surface area contributed by atoms with Crippen LogP contribution in [-0.4, -0.2) is 41.6 Å². The number of hydrogen-bond acceptors (Lipinski definition) is 3. The second-order valence-electron chi connectivity index (χ2n) is 3.83. The highest BCUT2D eigenvalue weighted by Crippen LogP contribution is 2.33. The molecule has 0 bridgehead atoms. The van der Waals surface area contributed by atoms with Crippen LogP contribution < -0.4 is 4.74 Å². The molecule has 0 saturated heterocycles. The predicted octanol–water partition coefficient (Wildman–Crippen LogP) is 2.57. The first kappa shape index (κ1) is 17.4. The zero-order valence-electron chi connectivity index (χ0n) is 10.6. The number of aliphatic carboxylic acids is 1. The molecular weight excluding hydrogens is 341 g/mol. The van der Waals surface area contributed by atoms with Gasteiger partial charge in [0.15, 0.2) is 6.61 Å². The standard InChI is InChI=1S/C13H10Cl3NO4/c1-2-3-17(6-13(19)20)12(18)7-21-11-5-9(15)8(14)4-10(11)16/h1,4-5H,3,6-7H2,(H,19,20). The van der Waals surface area contributed by atoms with Crippen molar-refractivity contribution >= 4 is 46.7 Å². The zero-order valence-corrected chi connectivity index (χ0v) is 12.9. The Labute approximate surface area is 136 Å². The number of hydrogen-bond donors (Lipinski definition) is 1. The molecule has 1 amide bonds. The van der Waals surface area contributed by atoms with Crippen LogP contribution in [0.25, 0.3) is 0 Å². The van der Waals surface area contributed by atoms with Gasteiger partial charge in [-0.1, -0.05) is 40.7 Å². The van der Waals surface area contributed by atoms with Crippen LogP contribution in [0.3, 0.4) is 0 Å². The topological polar surface area (TPSA) is 66.8 Å². The van der Waals surface area contributed by atoms with Crippen molar-refractivity contribution in [2.45, 2.75) is 0 Å². The van der Waals surface area contributed by atoms with Crippen LogP contribution >= 0.6 is 34.8 Å². The number of terminal acetylenes is 1. The van der Waals surface area contributed by atoms with Crippen LogP contribution in [0, 0.1) is 12.3 Å². The van der Waals surface area contributed by atoms with E-state index in [0.29, 0.717) is 0 Å². The predicted molar refractivity (Wildman–Crippen MR) is 80.0 cm³/mol. The number of halogens is 3. The number of carbonyl (C=O) groups is 2. The Morgan fingerprint density at radius 3 is 2.43 bits per heavy atom. The fourth-order valence-corrected chi connectivity index (χ4v) is 1.94. The van der Waals surface area contributed by atoms with Gasteiger partial charge < -0.3 is 14.7 Å². The minimum absolute atomic E-state index is 0.135. The fourth-order valence-electron chi connectivity index (χ4n) is 1.35. The van der Waals surface area contributed by atoms with E-state index in [0.717, 1.165) is 4.90 Å². The van der Waals surface area contributed by atoms with E-state index >= 15 is 0 Å². The van der Waals surface area contributed by atoms with Gasteiger partial charge in [0.2, 0.25) is 0 Å². The Balaban J connectivity index is 2.73. The third-order valence-corrected chi connectivity index (χ3v) is 3.30. The number of ether oxygens (including phenoxy) is 1. The molecule has 0 heterocycles. The lowest BCUT2D eigenvalue weighted by Gasteiger charge is -2.18. The van der Waals surface area contributed by atoms with Gasteiger partial charge in [0.05, 0.1) is 21.6 Å². The maximum Gasteiger partial charge on any atom is 0.323 e. The molecule has 112 valence electrons. The van der Waals surface area contributed by atoms with Crippen LogP contribution in [0.4, 0.5) is 0 Å². The van der Waals surface area contributed by atoms with Gasteiger partial charge in [0, 0.05) is 6.07 Å². The first-order valence-corrected chi connectivity index (χ1v) is 6.69. The number of carboxylic acid groups (broad SMARTS) is 1. The fraction of sp³-hybridized carbons (Fsp3) is 0.231. The van der Waals surface area contributed by atoms with Crippen molar-refractivity contribution in [1.82, 2.24) is 4.90 Å². The van der Waals surface area contributed by atoms with Gasteiger partial charge in [0.1, 0.15) is 12.3 Å². The molecule has 1 rings (SSSR count). The molecule has 0 atom stereocenters. The highest BCUT2D eigenvalue weighted by atomic mass is 35.5. The van der Waals surface area contributed by atoms with E-state index in [4.69, 9.17) is 51.1 Å². The molecule has 5 nitrogen and oxygen atoms in total. The Kier molecular flexibility index (Phi) is 6.63. The van der Waals surface area contributed by atoms with Gasteiger partial charge in [-0.2, -0.15) is 0 Å². The molecule has 1 aromatic carbocycles. The summed E-state index contributed by atoms with van der Waals surface area (Å²) >= 11 is 17.5. The monoisotopic (exact) mass is 349 g/mol. The molecule has 0 radical (unpaired) electrons. The largest absolute Gasteiger partial charge is 0.482 e. The maximum atomic E-state index is 11.8. The molecule has 0 fully saturated rings. The number of carboxylic acids is 1. The number of benzene rings is 1. The minimum Gasteiger partial charge on any atom is -0.482 e. The second kappa shape index (κ2) is 7.99. The van der Waals surface area contributed by atoms with E-state index in [-0.39, 0.29) is 27.4 Å². The van der Waals surface area contributed by atoms with Gasteiger partial charge in [-0.15, -0.1) is 6.42 Å².